The quantitative estimate of drug-likeness (QED) is 0.626. The molecule has 4 nitrogen and oxygen atoms in total. The molecule has 2 aromatic carbocycles. The maximum atomic E-state index is 5.69. The monoisotopic (exact) mass is 272 g/mol. The first-order chi connectivity index (χ1) is 9.76. The molecule has 0 aromatic heterocycles. The third-order valence-corrected chi connectivity index (χ3v) is 3.27. The van der Waals surface area contributed by atoms with Crippen LogP contribution in [0.4, 0.5) is 0 Å². The third-order valence-electron chi connectivity index (χ3n) is 3.27. The Hall–Kier alpha value is -2.04. The van der Waals surface area contributed by atoms with Crippen LogP contribution in [-0.4, -0.2) is 14.2 Å². The van der Waals surface area contributed by atoms with Gasteiger partial charge in [-0.1, -0.05) is 24.3 Å². The van der Waals surface area contributed by atoms with E-state index in [1.165, 1.54) is 0 Å². The molecule has 1 unspecified atom stereocenters. The van der Waals surface area contributed by atoms with Crippen molar-refractivity contribution in [3.8, 4) is 11.5 Å². The van der Waals surface area contributed by atoms with Crippen LogP contribution in [0.1, 0.15) is 17.2 Å². The van der Waals surface area contributed by atoms with Crippen molar-refractivity contribution < 1.29 is 9.47 Å². The maximum absolute atomic E-state index is 5.69. The summed E-state index contributed by atoms with van der Waals surface area (Å²) in [5.41, 5.74) is 5.11. The molecule has 0 amide bonds. The normalized spacial score (nSPS) is 11.9. The van der Waals surface area contributed by atoms with Crippen LogP contribution in [0.15, 0.2) is 48.5 Å². The fraction of sp³-hybridized carbons (Fsp3) is 0.250. The van der Waals surface area contributed by atoms with Crippen LogP contribution in [0.5, 0.6) is 11.5 Å². The van der Waals surface area contributed by atoms with E-state index in [0.29, 0.717) is 0 Å². The highest BCUT2D eigenvalue weighted by Gasteiger charge is 2.11. The number of ether oxygens (including phenoxy) is 2. The first kappa shape index (κ1) is 14.4. The fourth-order valence-electron chi connectivity index (χ4n) is 2.17. The van der Waals surface area contributed by atoms with E-state index < -0.39 is 0 Å². The zero-order chi connectivity index (χ0) is 14.4. The number of rotatable bonds is 6. The number of nitrogens with one attached hydrogen (secondary N) is 1. The summed E-state index contributed by atoms with van der Waals surface area (Å²) in [6.45, 7) is 0. The lowest BCUT2D eigenvalue weighted by Crippen LogP contribution is -2.29. The highest BCUT2D eigenvalue weighted by Crippen LogP contribution is 2.23. The zero-order valence-electron chi connectivity index (χ0n) is 11.8. The predicted molar refractivity (Wildman–Crippen MR) is 79.8 cm³/mol. The van der Waals surface area contributed by atoms with E-state index in [9.17, 15) is 0 Å². The molecule has 0 radical (unpaired) electrons. The van der Waals surface area contributed by atoms with Crippen LogP contribution < -0.4 is 20.7 Å². The van der Waals surface area contributed by atoms with E-state index in [2.05, 4.69) is 11.5 Å². The molecule has 0 bridgehead atoms. The molecule has 3 N–H and O–H groups in total. The van der Waals surface area contributed by atoms with Crippen LogP contribution >= 0.6 is 0 Å². The van der Waals surface area contributed by atoms with Crippen molar-refractivity contribution in [1.29, 1.82) is 0 Å². The van der Waals surface area contributed by atoms with Gasteiger partial charge in [-0.3, -0.25) is 11.3 Å². The van der Waals surface area contributed by atoms with Gasteiger partial charge in [0, 0.05) is 0 Å². The Bertz CT molecular complexity index is 558. The molecule has 0 saturated carbocycles. The van der Waals surface area contributed by atoms with Gasteiger partial charge in [-0.25, -0.2) is 0 Å². The minimum absolute atomic E-state index is 0.0252. The summed E-state index contributed by atoms with van der Waals surface area (Å²) in [7, 11) is 3.33. The standard InChI is InChI=1S/C16H20N2O2/c1-19-14-7-3-5-12(9-14)10-16(18-17)13-6-4-8-15(11-13)20-2/h3-9,11,16,18H,10,17H2,1-2H3. The Balaban J connectivity index is 2.19. The predicted octanol–water partition coefficient (Wildman–Crippen LogP) is 2.45. The van der Waals surface area contributed by atoms with Crippen molar-refractivity contribution in [3.05, 3.63) is 59.7 Å². The van der Waals surface area contributed by atoms with Gasteiger partial charge < -0.3 is 9.47 Å². The van der Waals surface area contributed by atoms with Crippen LogP contribution in [-0.2, 0) is 6.42 Å². The molecule has 4 heteroatoms. The second kappa shape index (κ2) is 6.93. The minimum atomic E-state index is 0.0252. The summed E-state index contributed by atoms with van der Waals surface area (Å²) in [4.78, 5) is 0. The lowest BCUT2D eigenvalue weighted by molar-refractivity contribution is 0.412. The van der Waals surface area contributed by atoms with Crippen LogP contribution in [0.2, 0.25) is 0 Å². The summed E-state index contributed by atoms with van der Waals surface area (Å²) < 4.78 is 10.5. The Morgan fingerprint density at radius 1 is 1.00 bits per heavy atom. The van der Waals surface area contributed by atoms with Gasteiger partial charge in [-0.2, -0.15) is 0 Å². The summed E-state index contributed by atoms with van der Waals surface area (Å²) in [6.07, 6.45) is 0.779. The van der Waals surface area contributed by atoms with Crippen molar-refractivity contribution >= 4 is 0 Å². The van der Waals surface area contributed by atoms with E-state index in [1.54, 1.807) is 14.2 Å². The second-order valence-corrected chi connectivity index (χ2v) is 4.55. The molecule has 0 fully saturated rings. The minimum Gasteiger partial charge on any atom is -0.497 e. The Kier molecular flexibility index (Phi) is 4.98. The molecule has 2 rings (SSSR count). The Morgan fingerprint density at radius 3 is 2.30 bits per heavy atom. The van der Waals surface area contributed by atoms with Crippen molar-refractivity contribution in [2.24, 2.45) is 5.84 Å². The molecule has 20 heavy (non-hydrogen) atoms. The Labute approximate surface area is 119 Å². The van der Waals surface area contributed by atoms with Gasteiger partial charge in [0.05, 0.1) is 20.3 Å². The first-order valence-corrected chi connectivity index (χ1v) is 6.50. The smallest absolute Gasteiger partial charge is 0.119 e. The van der Waals surface area contributed by atoms with Crippen LogP contribution in [0, 0.1) is 0 Å². The summed E-state index contributed by atoms with van der Waals surface area (Å²) in [5.74, 6) is 7.37. The molecule has 1 atom stereocenters. The maximum Gasteiger partial charge on any atom is 0.119 e. The summed E-state index contributed by atoms with van der Waals surface area (Å²) in [6, 6.07) is 15.9. The molecular weight excluding hydrogens is 252 g/mol. The number of methoxy groups -OCH3 is 2. The fourth-order valence-corrected chi connectivity index (χ4v) is 2.17. The highest BCUT2D eigenvalue weighted by atomic mass is 16.5. The van der Waals surface area contributed by atoms with Gasteiger partial charge in [0.2, 0.25) is 0 Å². The molecule has 0 aliphatic carbocycles. The van der Waals surface area contributed by atoms with Gasteiger partial charge in [0.15, 0.2) is 0 Å². The van der Waals surface area contributed by atoms with Gasteiger partial charge in [-0.05, 0) is 41.8 Å². The molecule has 0 aliphatic rings. The lowest BCUT2D eigenvalue weighted by atomic mass is 9.99. The highest BCUT2D eigenvalue weighted by molar-refractivity contribution is 5.33. The van der Waals surface area contributed by atoms with Crippen molar-refractivity contribution in [3.63, 3.8) is 0 Å². The van der Waals surface area contributed by atoms with Crippen molar-refractivity contribution in [2.75, 3.05) is 14.2 Å². The van der Waals surface area contributed by atoms with E-state index in [0.717, 1.165) is 29.0 Å². The molecular formula is C16H20N2O2. The Morgan fingerprint density at radius 2 is 1.65 bits per heavy atom. The number of hydrogen-bond donors (Lipinski definition) is 2. The van der Waals surface area contributed by atoms with E-state index in [1.807, 2.05) is 42.5 Å². The average molecular weight is 272 g/mol. The number of benzene rings is 2. The summed E-state index contributed by atoms with van der Waals surface area (Å²) in [5, 5.41) is 0. The third kappa shape index (κ3) is 3.50. The van der Waals surface area contributed by atoms with E-state index >= 15 is 0 Å². The molecule has 0 saturated heterocycles. The van der Waals surface area contributed by atoms with Crippen molar-refractivity contribution in [2.45, 2.75) is 12.5 Å². The van der Waals surface area contributed by atoms with Gasteiger partial charge >= 0.3 is 0 Å². The topological polar surface area (TPSA) is 56.5 Å². The molecule has 0 spiro atoms. The number of hydrazine groups is 1. The average Bonchev–Trinajstić information content (AvgIpc) is 2.52. The second-order valence-electron chi connectivity index (χ2n) is 4.55. The molecule has 0 aliphatic heterocycles. The number of nitrogens with two attached hydrogens (primary N) is 1. The molecule has 0 heterocycles. The molecule has 2 aromatic rings. The van der Waals surface area contributed by atoms with Gasteiger partial charge in [-0.15, -0.1) is 0 Å². The van der Waals surface area contributed by atoms with E-state index in [-0.39, 0.29) is 6.04 Å². The molecule has 106 valence electrons. The van der Waals surface area contributed by atoms with Gasteiger partial charge in [0.1, 0.15) is 11.5 Å². The SMILES string of the molecule is COc1cccc(CC(NN)c2cccc(OC)c2)c1. The number of hydrogen-bond acceptors (Lipinski definition) is 4. The van der Waals surface area contributed by atoms with Crippen LogP contribution in [0.25, 0.3) is 0 Å². The largest absolute Gasteiger partial charge is 0.497 e. The zero-order valence-corrected chi connectivity index (χ0v) is 11.8. The lowest BCUT2D eigenvalue weighted by Gasteiger charge is -2.17. The van der Waals surface area contributed by atoms with E-state index in [4.69, 9.17) is 15.3 Å². The summed E-state index contributed by atoms with van der Waals surface area (Å²) >= 11 is 0. The van der Waals surface area contributed by atoms with Crippen LogP contribution in [0.3, 0.4) is 0 Å². The van der Waals surface area contributed by atoms with Crippen molar-refractivity contribution in [1.82, 2.24) is 5.43 Å². The first-order valence-electron chi connectivity index (χ1n) is 6.50. The van der Waals surface area contributed by atoms with Gasteiger partial charge in [0.25, 0.3) is 0 Å².